The number of ether oxygens (including phenoxy) is 1. The SMILES string of the molecule is CSC1(C(=O)N[C@@H](CCOc2ccccc2)C(=O)O)CC1. The number of hydrogen-bond acceptors (Lipinski definition) is 4. The molecule has 1 atom stereocenters. The number of rotatable bonds is 8. The van der Waals surface area contributed by atoms with Crippen LogP contribution in [0.1, 0.15) is 19.3 Å². The number of aliphatic carboxylic acids is 1. The van der Waals surface area contributed by atoms with E-state index < -0.39 is 16.8 Å². The number of carboxylic acids is 1. The Balaban J connectivity index is 1.82. The maximum Gasteiger partial charge on any atom is 0.326 e. The average molecular weight is 309 g/mol. The lowest BCUT2D eigenvalue weighted by Gasteiger charge is -2.18. The Hall–Kier alpha value is -1.69. The van der Waals surface area contributed by atoms with Gasteiger partial charge in [0.1, 0.15) is 11.8 Å². The number of carbonyl (C=O) groups is 2. The molecule has 0 aliphatic heterocycles. The topological polar surface area (TPSA) is 75.6 Å². The van der Waals surface area contributed by atoms with Gasteiger partial charge in [-0.25, -0.2) is 4.79 Å². The highest BCUT2D eigenvalue weighted by Crippen LogP contribution is 2.47. The van der Waals surface area contributed by atoms with E-state index in [-0.39, 0.29) is 18.9 Å². The van der Waals surface area contributed by atoms with Gasteiger partial charge >= 0.3 is 5.97 Å². The predicted octanol–water partition coefficient (Wildman–Crippen LogP) is 1.92. The Morgan fingerprint density at radius 3 is 2.57 bits per heavy atom. The van der Waals surface area contributed by atoms with E-state index in [9.17, 15) is 14.7 Å². The van der Waals surface area contributed by atoms with E-state index in [0.717, 1.165) is 12.8 Å². The van der Waals surface area contributed by atoms with Crippen molar-refractivity contribution in [3.05, 3.63) is 30.3 Å². The number of carbonyl (C=O) groups excluding carboxylic acids is 1. The minimum atomic E-state index is -1.03. The van der Waals surface area contributed by atoms with Gasteiger partial charge < -0.3 is 15.2 Å². The van der Waals surface area contributed by atoms with Gasteiger partial charge in [-0.1, -0.05) is 18.2 Å². The second-order valence-corrected chi connectivity index (χ2v) is 6.20. The molecule has 21 heavy (non-hydrogen) atoms. The van der Waals surface area contributed by atoms with Crippen molar-refractivity contribution in [2.45, 2.75) is 30.1 Å². The molecule has 1 aliphatic rings. The molecule has 1 saturated carbocycles. The number of thioether (sulfide) groups is 1. The molecule has 0 saturated heterocycles. The predicted molar refractivity (Wildman–Crippen MR) is 81.6 cm³/mol. The number of benzene rings is 1. The highest BCUT2D eigenvalue weighted by atomic mass is 32.2. The molecular formula is C15H19NO4S. The molecular weight excluding hydrogens is 290 g/mol. The van der Waals surface area contributed by atoms with Gasteiger partial charge in [0, 0.05) is 6.42 Å². The first-order chi connectivity index (χ1) is 10.1. The van der Waals surface area contributed by atoms with Gasteiger partial charge in [0.2, 0.25) is 5.91 Å². The lowest BCUT2D eigenvalue weighted by atomic mass is 10.2. The van der Waals surface area contributed by atoms with Gasteiger partial charge in [-0.3, -0.25) is 4.79 Å². The fourth-order valence-electron chi connectivity index (χ4n) is 2.00. The molecule has 1 aliphatic carbocycles. The summed E-state index contributed by atoms with van der Waals surface area (Å²) in [5.41, 5.74) is 0. The molecule has 0 spiro atoms. The smallest absolute Gasteiger partial charge is 0.326 e. The van der Waals surface area contributed by atoms with Crippen LogP contribution in [0.2, 0.25) is 0 Å². The van der Waals surface area contributed by atoms with Crippen molar-refractivity contribution in [2.24, 2.45) is 0 Å². The highest BCUT2D eigenvalue weighted by Gasteiger charge is 2.50. The molecule has 0 aromatic heterocycles. The fraction of sp³-hybridized carbons (Fsp3) is 0.467. The summed E-state index contributed by atoms with van der Waals surface area (Å²) >= 11 is 1.48. The molecule has 0 unspecified atom stereocenters. The molecule has 6 heteroatoms. The lowest BCUT2D eigenvalue weighted by Crippen LogP contribution is -2.46. The van der Waals surface area contributed by atoms with E-state index in [1.165, 1.54) is 11.8 Å². The van der Waals surface area contributed by atoms with Crippen LogP contribution in [0, 0.1) is 0 Å². The first-order valence-electron chi connectivity index (χ1n) is 6.84. The summed E-state index contributed by atoms with van der Waals surface area (Å²) in [4.78, 5) is 23.3. The summed E-state index contributed by atoms with van der Waals surface area (Å²) in [7, 11) is 0. The van der Waals surface area contributed by atoms with E-state index in [0.29, 0.717) is 5.75 Å². The number of para-hydroxylation sites is 1. The minimum Gasteiger partial charge on any atom is -0.494 e. The zero-order chi connectivity index (χ0) is 15.3. The van der Waals surface area contributed by atoms with Crippen molar-refractivity contribution in [3.8, 4) is 5.75 Å². The largest absolute Gasteiger partial charge is 0.494 e. The Morgan fingerprint density at radius 1 is 1.38 bits per heavy atom. The van der Waals surface area contributed by atoms with Crippen molar-refractivity contribution in [1.29, 1.82) is 0 Å². The molecule has 114 valence electrons. The van der Waals surface area contributed by atoms with Gasteiger partial charge in [-0.15, -0.1) is 11.8 Å². The second-order valence-electron chi connectivity index (χ2n) is 5.01. The zero-order valence-corrected chi connectivity index (χ0v) is 12.7. The molecule has 1 amide bonds. The minimum absolute atomic E-state index is 0.179. The van der Waals surface area contributed by atoms with Crippen molar-refractivity contribution >= 4 is 23.6 Å². The summed E-state index contributed by atoms with van der Waals surface area (Å²) in [5, 5.41) is 11.8. The Morgan fingerprint density at radius 2 is 2.05 bits per heavy atom. The summed E-state index contributed by atoms with van der Waals surface area (Å²) in [6.07, 6.45) is 3.74. The first-order valence-corrected chi connectivity index (χ1v) is 8.07. The van der Waals surface area contributed by atoms with E-state index in [1.807, 2.05) is 24.5 Å². The Bertz CT molecular complexity index is 502. The molecule has 1 fully saturated rings. The van der Waals surface area contributed by atoms with E-state index >= 15 is 0 Å². The van der Waals surface area contributed by atoms with Crippen LogP contribution in [0.5, 0.6) is 5.75 Å². The standard InChI is InChI=1S/C15H19NO4S/c1-21-15(8-9-15)14(19)16-12(13(17)18)7-10-20-11-5-3-2-4-6-11/h2-6,12H,7-10H2,1H3,(H,16,19)(H,17,18)/t12-/m0/s1. The maximum absolute atomic E-state index is 12.1. The number of hydrogen-bond donors (Lipinski definition) is 2. The summed E-state index contributed by atoms with van der Waals surface area (Å²) < 4.78 is 5.07. The quantitative estimate of drug-likeness (QED) is 0.767. The summed E-state index contributed by atoms with van der Waals surface area (Å²) in [6.45, 7) is 0.244. The van der Waals surface area contributed by atoms with Gasteiger partial charge in [0.15, 0.2) is 0 Å². The first kappa shape index (κ1) is 15.7. The van der Waals surface area contributed by atoms with Crippen molar-refractivity contribution < 1.29 is 19.4 Å². The molecule has 2 rings (SSSR count). The average Bonchev–Trinajstić information content (AvgIpc) is 3.28. The number of amides is 1. The van der Waals surface area contributed by atoms with Crippen LogP contribution in [-0.4, -0.2) is 40.6 Å². The molecule has 1 aromatic rings. The third-order valence-corrected chi connectivity index (χ3v) is 4.91. The van der Waals surface area contributed by atoms with Gasteiger partial charge in [-0.05, 0) is 31.2 Å². The van der Waals surface area contributed by atoms with Crippen molar-refractivity contribution in [3.63, 3.8) is 0 Å². The van der Waals surface area contributed by atoms with Crippen LogP contribution < -0.4 is 10.1 Å². The van der Waals surface area contributed by atoms with Crippen molar-refractivity contribution in [2.75, 3.05) is 12.9 Å². The van der Waals surface area contributed by atoms with Gasteiger partial charge in [0.25, 0.3) is 0 Å². The van der Waals surface area contributed by atoms with Crippen LogP contribution in [-0.2, 0) is 9.59 Å². The monoisotopic (exact) mass is 309 g/mol. The maximum atomic E-state index is 12.1. The third kappa shape index (κ3) is 4.14. The molecule has 1 aromatic carbocycles. The van der Waals surface area contributed by atoms with Crippen LogP contribution in [0.4, 0.5) is 0 Å². The van der Waals surface area contributed by atoms with Crippen LogP contribution in [0.3, 0.4) is 0 Å². The number of nitrogens with one attached hydrogen (secondary N) is 1. The third-order valence-electron chi connectivity index (χ3n) is 3.53. The molecule has 0 bridgehead atoms. The van der Waals surface area contributed by atoms with Gasteiger partial charge in [-0.2, -0.15) is 0 Å². The van der Waals surface area contributed by atoms with Crippen LogP contribution in [0.15, 0.2) is 30.3 Å². The van der Waals surface area contributed by atoms with Crippen LogP contribution in [0.25, 0.3) is 0 Å². The highest BCUT2D eigenvalue weighted by molar-refractivity contribution is 8.01. The van der Waals surface area contributed by atoms with Crippen LogP contribution >= 0.6 is 11.8 Å². The van der Waals surface area contributed by atoms with Gasteiger partial charge in [0.05, 0.1) is 11.4 Å². The second kappa shape index (κ2) is 6.85. The molecule has 5 nitrogen and oxygen atoms in total. The van der Waals surface area contributed by atoms with E-state index in [4.69, 9.17) is 4.74 Å². The Kier molecular flexibility index (Phi) is 5.12. The molecule has 0 heterocycles. The normalized spacial score (nSPS) is 16.8. The number of carboxylic acid groups (broad SMARTS) is 1. The fourth-order valence-corrected chi connectivity index (χ4v) is 2.75. The lowest BCUT2D eigenvalue weighted by molar-refractivity contribution is -0.142. The zero-order valence-electron chi connectivity index (χ0n) is 11.9. The molecule has 2 N–H and O–H groups in total. The van der Waals surface area contributed by atoms with E-state index in [2.05, 4.69) is 5.32 Å². The Labute approximate surface area is 128 Å². The summed E-state index contributed by atoms with van der Waals surface area (Å²) in [6, 6.07) is 8.28. The van der Waals surface area contributed by atoms with Crippen molar-refractivity contribution in [1.82, 2.24) is 5.32 Å². The van der Waals surface area contributed by atoms with E-state index in [1.54, 1.807) is 12.1 Å². The molecule has 0 radical (unpaired) electrons. The summed E-state index contributed by atoms with van der Waals surface area (Å²) in [5.74, 6) is -0.519.